The third kappa shape index (κ3) is 2.34. The van der Waals surface area contributed by atoms with Gasteiger partial charge in [0.15, 0.2) is 5.78 Å². The zero-order valence-electron chi connectivity index (χ0n) is 11.1. The molecule has 2 aromatic carbocycles. The molecule has 0 amide bonds. The number of aromatic nitrogens is 2. The van der Waals surface area contributed by atoms with Crippen LogP contribution in [0.3, 0.4) is 0 Å². The van der Waals surface area contributed by atoms with E-state index in [1.54, 1.807) is 36.4 Å². The van der Waals surface area contributed by atoms with Crippen LogP contribution in [-0.2, 0) is 0 Å². The Hall–Kier alpha value is -2.45. The first-order chi connectivity index (χ1) is 10.1. The largest absolute Gasteiger partial charge is 0.342 e. The summed E-state index contributed by atoms with van der Waals surface area (Å²) in [5, 5.41) is 9.28. The van der Waals surface area contributed by atoms with Crippen molar-refractivity contribution in [3.05, 3.63) is 63.4 Å². The number of hydrogen-bond donors (Lipinski definition) is 1. The molecular formula is C16H10BrN3O. The maximum absolute atomic E-state index is 12.7. The molecule has 0 radical (unpaired) electrons. The minimum atomic E-state index is -0.198. The lowest BCUT2D eigenvalue weighted by atomic mass is 9.97. The summed E-state index contributed by atoms with van der Waals surface area (Å²) in [6.45, 7) is 1.82. The number of imidazole rings is 1. The van der Waals surface area contributed by atoms with E-state index in [4.69, 9.17) is 0 Å². The summed E-state index contributed by atoms with van der Waals surface area (Å²) in [6, 6.07) is 12.5. The quantitative estimate of drug-likeness (QED) is 0.723. The molecular weight excluding hydrogens is 330 g/mol. The highest BCUT2D eigenvalue weighted by atomic mass is 79.9. The number of H-pyrrole nitrogens is 1. The zero-order valence-corrected chi connectivity index (χ0v) is 12.7. The molecule has 1 N–H and O–H groups in total. The number of nitriles is 1. The Morgan fingerprint density at radius 2 is 1.95 bits per heavy atom. The highest BCUT2D eigenvalue weighted by Crippen LogP contribution is 2.24. The van der Waals surface area contributed by atoms with E-state index in [2.05, 4.69) is 32.0 Å². The third-order valence-electron chi connectivity index (χ3n) is 3.23. The molecule has 1 heterocycles. The Kier molecular flexibility index (Phi) is 3.32. The molecule has 0 saturated carbocycles. The molecule has 0 aliphatic carbocycles. The smallest absolute Gasteiger partial charge is 0.196 e. The Labute approximate surface area is 129 Å². The number of aromatic amines is 1. The number of ketones is 1. The van der Waals surface area contributed by atoms with Crippen molar-refractivity contribution >= 4 is 32.7 Å². The average molecular weight is 340 g/mol. The molecule has 0 saturated heterocycles. The molecule has 3 aromatic rings. The second-order valence-corrected chi connectivity index (χ2v) is 5.57. The van der Waals surface area contributed by atoms with Crippen molar-refractivity contribution in [1.29, 1.82) is 5.26 Å². The van der Waals surface area contributed by atoms with Crippen molar-refractivity contribution in [2.24, 2.45) is 0 Å². The van der Waals surface area contributed by atoms with E-state index < -0.39 is 0 Å². The molecule has 1 aromatic heterocycles. The Morgan fingerprint density at radius 1 is 1.24 bits per heavy atom. The van der Waals surface area contributed by atoms with Gasteiger partial charge in [0.1, 0.15) is 11.3 Å². The molecule has 0 unspecified atom stereocenters. The monoisotopic (exact) mass is 339 g/mol. The van der Waals surface area contributed by atoms with Crippen LogP contribution in [0.25, 0.3) is 11.0 Å². The molecule has 0 spiro atoms. The number of rotatable bonds is 2. The lowest BCUT2D eigenvalue weighted by Gasteiger charge is -2.05. The predicted molar refractivity (Wildman–Crippen MR) is 83.1 cm³/mol. The second kappa shape index (κ2) is 5.15. The fourth-order valence-corrected chi connectivity index (χ4v) is 2.53. The number of nitrogens with one attached hydrogen (secondary N) is 1. The van der Waals surface area contributed by atoms with Crippen LogP contribution in [0.15, 0.2) is 40.9 Å². The van der Waals surface area contributed by atoms with Gasteiger partial charge in [0.2, 0.25) is 0 Å². The van der Waals surface area contributed by atoms with E-state index in [0.29, 0.717) is 28.0 Å². The number of halogens is 1. The van der Waals surface area contributed by atoms with Crippen molar-refractivity contribution in [3.63, 3.8) is 0 Å². The van der Waals surface area contributed by atoms with Crippen LogP contribution in [0.4, 0.5) is 0 Å². The van der Waals surface area contributed by atoms with Crippen LogP contribution in [-0.4, -0.2) is 15.8 Å². The number of nitrogens with zero attached hydrogens (tertiary/aromatic N) is 2. The summed E-state index contributed by atoms with van der Waals surface area (Å²) in [5.74, 6) is 0.515. The topological polar surface area (TPSA) is 69.5 Å². The van der Waals surface area contributed by atoms with Crippen molar-refractivity contribution in [3.8, 4) is 6.07 Å². The fourth-order valence-electron chi connectivity index (χ4n) is 2.27. The van der Waals surface area contributed by atoms with Gasteiger partial charge >= 0.3 is 0 Å². The minimum absolute atomic E-state index is 0.198. The van der Waals surface area contributed by atoms with E-state index in [0.717, 1.165) is 9.99 Å². The molecule has 5 heteroatoms. The first-order valence-electron chi connectivity index (χ1n) is 6.30. The van der Waals surface area contributed by atoms with Gasteiger partial charge in [-0.3, -0.25) is 4.79 Å². The van der Waals surface area contributed by atoms with Crippen LogP contribution in [0.5, 0.6) is 0 Å². The van der Waals surface area contributed by atoms with E-state index in [-0.39, 0.29) is 5.78 Å². The van der Waals surface area contributed by atoms with Gasteiger partial charge in [0.05, 0.1) is 22.7 Å². The van der Waals surface area contributed by atoms with E-state index in [9.17, 15) is 10.1 Å². The highest BCUT2D eigenvalue weighted by molar-refractivity contribution is 9.10. The Morgan fingerprint density at radius 3 is 2.62 bits per heavy atom. The molecule has 0 aliphatic heterocycles. The third-order valence-corrected chi connectivity index (χ3v) is 3.76. The standard InChI is InChI=1S/C16H10BrN3O/c1-9-19-13-7-4-11(8-18)14(15(13)20-9)16(21)10-2-5-12(17)6-3-10/h2-7H,1H3,(H,19,20). The van der Waals surface area contributed by atoms with Gasteiger partial charge in [-0.05, 0) is 43.3 Å². The number of fused-ring (bicyclic) bond motifs is 1. The number of hydrogen-bond acceptors (Lipinski definition) is 3. The summed E-state index contributed by atoms with van der Waals surface area (Å²) >= 11 is 3.34. The van der Waals surface area contributed by atoms with Gasteiger partial charge in [0.25, 0.3) is 0 Å². The van der Waals surface area contributed by atoms with E-state index in [1.807, 2.05) is 6.92 Å². The Bertz CT molecular complexity index is 888. The van der Waals surface area contributed by atoms with Crippen molar-refractivity contribution in [1.82, 2.24) is 9.97 Å². The van der Waals surface area contributed by atoms with Crippen LogP contribution in [0.2, 0.25) is 0 Å². The number of carbonyl (C=O) groups is 1. The SMILES string of the molecule is Cc1nc2c(C(=O)c3ccc(Br)cc3)c(C#N)ccc2[nH]1. The van der Waals surface area contributed by atoms with Gasteiger partial charge in [-0.25, -0.2) is 4.98 Å². The Balaban J connectivity index is 2.25. The summed E-state index contributed by atoms with van der Waals surface area (Å²) in [5.41, 5.74) is 2.51. The number of carbonyl (C=O) groups excluding carboxylic acids is 1. The van der Waals surface area contributed by atoms with Gasteiger partial charge in [-0.2, -0.15) is 5.26 Å². The lowest BCUT2D eigenvalue weighted by Crippen LogP contribution is -2.05. The van der Waals surface area contributed by atoms with Crippen molar-refractivity contribution < 1.29 is 4.79 Å². The van der Waals surface area contributed by atoms with Gasteiger partial charge in [0, 0.05) is 10.0 Å². The van der Waals surface area contributed by atoms with Crippen molar-refractivity contribution in [2.45, 2.75) is 6.92 Å². The van der Waals surface area contributed by atoms with Gasteiger partial charge in [-0.15, -0.1) is 0 Å². The highest BCUT2D eigenvalue weighted by Gasteiger charge is 2.19. The van der Waals surface area contributed by atoms with Crippen LogP contribution in [0, 0.1) is 18.3 Å². The molecule has 21 heavy (non-hydrogen) atoms. The summed E-state index contributed by atoms with van der Waals surface area (Å²) in [6.07, 6.45) is 0. The summed E-state index contributed by atoms with van der Waals surface area (Å²) in [7, 11) is 0. The number of benzene rings is 2. The second-order valence-electron chi connectivity index (χ2n) is 4.65. The van der Waals surface area contributed by atoms with Crippen LogP contribution < -0.4 is 0 Å². The van der Waals surface area contributed by atoms with Crippen molar-refractivity contribution in [2.75, 3.05) is 0 Å². The van der Waals surface area contributed by atoms with Crippen LogP contribution in [0.1, 0.15) is 27.3 Å². The zero-order chi connectivity index (χ0) is 15.0. The van der Waals surface area contributed by atoms with Crippen LogP contribution >= 0.6 is 15.9 Å². The first-order valence-corrected chi connectivity index (χ1v) is 7.09. The summed E-state index contributed by atoms with van der Waals surface area (Å²) < 4.78 is 0.897. The lowest BCUT2D eigenvalue weighted by molar-refractivity contribution is 0.104. The molecule has 0 bridgehead atoms. The molecule has 0 atom stereocenters. The molecule has 102 valence electrons. The van der Waals surface area contributed by atoms with E-state index >= 15 is 0 Å². The molecule has 3 rings (SSSR count). The van der Waals surface area contributed by atoms with E-state index in [1.165, 1.54) is 0 Å². The van der Waals surface area contributed by atoms with Gasteiger partial charge < -0.3 is 4.98 Å². The maximum Gasteiger partial charge on any atom is 0.196 e. The molecule has 4 nitrogen and oxygen atoms in total. The number of aryl methyl sites for hydroxylation is 1. The fraction of sp³-hybridized carbons (Fsp3) is 0.0625. The first kappa shape index (κ1) is 13.5. The summed E-state index contributed by atoms with van der Waals surface area (Å²) in [4.78, 5) is 20.2. The normalized spacial score (nSPS) is 10.5. The average Bonchev–Trinajstić information content (AvgIpc) is 2.86. The predicted octanol–water partition coefficient (Wildman–Crippen LogP) is 3.74. The molecule has 0 fully saturated rings. The molecule has 0 aliphatic rings. The minimum Gasteiger partial charge on any atom is -0.342 e. The maximum atomic E-state index is 12.7. The van der Waals surface area contributed by atoms with Gasteiger partial charge in [-0.1, -0.05) is 15.9 Å².